The van der Waals surface area contributed by atoms with Crippen molar-refractivity contribution in [1.82, 2.24) is 0 Å². The highest BCUT2D eigenvalue weighted by Gasteiger charge is 2.16. The monoisotopic (exact) mass is 234 g/mol. The Balaban J connectivity index is 2.80. The fraction of sp³-hybridized carbons (Fsp3) is 0.357. The second-order valence-electron chi connectivity index (χ2n) is 3.55. The number of ether oxygens (including phenoxy) is 2. The first-order valence-corrected chi connectivity index (χ1v) is 5.79. The molecule has 3 heteroatoms. The largest absolute Gasteiger partial charge is 0.490 e. The molecular weight excluding hydrogens is 216 g/mol. The van der Waals surface area contributed by atoms with E-state index in [9.17, 15) is 4.79 Å². The molecule has 1 unspecified atom stereocenters. The lowest BCUT2D eigenvalue weighted by Gasteiger charge is -2.12. The van der Waals surface area contributed by atoms with Crippen LogP contribution >= 0.6 is 0 Å². The maximum atomic E-state index is 11.8. The molecule has 0 saturated carbocycles. The summed E-state index contributed by atoms with van der Waals surface area (Å²) in [7, 11) is 0. The van der Waals surface area contributed by atoms with Gasteiger partial charge in [0.05, 0.1) is 12.5 Å². The minimum Gasteiger partial charge on any atom is -0.490 e. The van der Waals surface area contributed by atoms with E-state index in [1.807, 2.05) is 19.9 Å². The Kier molecular flexibility index (Phi) is 5.27. The van der Waals surface area contributed by atoms with Crippen LogP contribution in [0, 0.1) is 5.92 Å². The van der Waals surface area contributed by atoms with Crippen molar-refractivity contribution >= 4 is 5.97 Å². The van der Waals surface area contributed by atoms with E-state index < -0.39 is 0 Å². The zero-order valence-electron chi connectivity index (χ0n) is 10.3. The molecule has 0 radical (unpaired) electrons. The van der Waals surface area contributed by atoms with Crippen LogP contribution in [0.5, 0.6) is 11.5 Å². The standard InChI is InChI=1S/C14H18O3/c1-4-11(5-2)14(15)17-13-10-8-7-9-12(13)16-6-3/h4,7-11H,1,5-6H2,2-3H3. The summed E-state index contributed by atoms with van der Waals surface area (Å²) in [5, 5.41) is 0. The smallest absolute Gasteiger partial charge is 0.318 e. The summed E-state index contributed by atoms with van der Waals surface area (Å²) in [6.45, 7) is 7.96. The van der Waals surface area contributed by atoms with Gasteiger partial charge >= 0.3 is 5.97 Å². The van der Waals surface area contributed by atoms with E-state index in [1.54, 1.807) is 24.3 Å². The van der Waals surface area contributed by atoms with Crippen molar-refractivity contribution in [3.05, 3.63) is 36.9 Å². The van der Waals surface area contributed by atoms with Gasteiger partial charge in [0.1, 0.15) is 0 Å². The van der Waals surface area contributed by atoms with E-state index in [-0.39, 0.29) is 11.9 Å². The van der Waals surface area contributed by atoms with Gasteiger partial charge in [-0.05, 0) is 25.5 Å². The van der Waals surface area contributed by atoms with Gasteiger partial charge in [-0.15, -0.1) is 6.58 Å². The van der Waals surface area contributed by atoms with Crippen molar-refractivity contribution in [1.29, 1.82) is 0 Å². The third-order valence-corrected chi connectivity index (χ3v) is 2.39. The van der Waals surface area contributed by atoms with Gasteiger partial charge in [-0.3, -0.25) is 4.79 Å². The maximum Gasteiger partial charge on any atom is 0.318 e. The van der Waals surface area contributed by atoms with E-state index in [4.69, 9.17) is 9.47 Å². The van der Waals surface area contributed by atoms with E-state index in [0.717, 1.165) is 0 Å². The van der Waals surface area contributed by atoms with Gasteiger partial charge in [-0.25, -0.2) is 0 Å². The highest BCUT2D eigenvalue weighted by atomic mass is 16.6. The molecule has 0 saturated heterocycles. The van der Waals surface area contributed by atoms with Crippen LogP contribution in [0.2, 0.25) is 0 Å². The summed E-state index contributed by atoms with van der Waals surface area (Å²) in [6, 6.07) is 7.15. The molecule has 0 aliphatic heterocycles. The number of hydrogen-bond acceptors (Lipinski definition) is 3. The fourth-order valence-electron chi connectivity index (χ4n) is 1.42. The summed E-state index contributed by atoms with van der Waals surface area (Å²) in [5.41, 5.74) is 0. The van der Waals surface area contributed by atoms with Gasteiger partial charge in [0.15, 0.2) is 11.5 Å². The van der Waals surface area contributed by atoms with Crippen LogP contribution in [0.3, 0.4) is 0 Å². The predicted octanol–water partition coefficient (Wildman–Crippen LogP) is 3.20. The Hall–Kier alpha value is -1.77. The molecule has 17 heavy (non-hydrogen) atoms. The lowest BCUT2D eigenvalue weighted by atomic mass is 10.1. The van der Waals surface area contributed by atoms with Gasteiger partial charge in [0, 0.05) is 0 Å². The third-order valence-electron chi connectivity index (χ3n) is 2.39. The van der Waals surface area contributed by atoms with Gasteiger partial charge in [-0.1, -0.05) is 25.1 Å². The predicted molar refractivity (Wildman–Crippen MR) is 67.2 cm³/mol. The number of esters is 1. The Morgan fingerprint density at radius 3 is 2.53 bits per heavy atom. The Morgan fingerprint density at radius 1 is 1.35 bits per heavy atom. The second-order valence-corrected chi connectivity index (χ2v) is 3.55. The van der Waals surface area contributed by atoms with Crippen LogP contribution < -0.4 is 9.47 Å². The molecule has 0 fully saturated rings. The molecule has 0 heterocycles. The Labute approximate surface area is 102 Å². The van der Waals surface area contributed by atoms with Crippen molar-refractivity contribution in [2.24, 2.45) is 5.92 Å². The van der Waals surface area contributed by atoms with Crippen LogP contribution in [-0.2, 0) is 4.79 Å². The van der Waals surface area contributed by atoms with E-state index in [2.05, 4.69) is 6.58 Å². The van der Waals surface area contributed by atoms with Crippen LogP contribution in [-0.4, -0.2) is 12.6 Å². The molecule has 0 aliphatic rings. The summed E-state index contributed by atoms with van der Waals surface area (Å²) in [6.07, 6.45) is 2.28. The first kappa shape index (κ1) is 13.3. The molecule has 1 rings (SSSR count). The summed E-state index contributed by atoms with van der Waals surface area (Å²) >= 11 is 0. The minimum absolute atomic E-state index is 0.273. The van der Waals surface area contributed by atoms with E-state index in [1.165, 1.54) is 0 Å². The molecule has 0 aliphatic carbocycles. The molecule has 0 bridgehead atoms. The number of carbonyl (C=O) groups excluding carboxylic acids is 1. The maximum absolute atomic E-state index is 11.8. The van der Waals surface area contributed by atoms with E-state index >= 15 is 0 Å². The van der Waals surface area contributed by atoms with Gasteiger partial charge in [0.2, 0.25) is 0 Å². The summed E-state index contributed by atoms with van der Waals surface area (Å²) in [5.74, 6) is 0.473. The molecule has 1 atom stereocenters. The molecule has 0 aromatic heterocycles. The highest BCUT2D eigenvalue weighted by molar-refractivity contribution is 5.77. The number of benzene rings is 1. The first-order chi connectivity index (χ1) is 8.22. The van der Waals surface area contributed by atoms with Crippen molar-refractivity contribution in [2.75, 3.05) is 6.61 Å². The lowest BCUT2D eigenvalue weighted by Crippen LogP contribution is -2.18. The number of para-hydroxylation sites is 2. The molecule has 0 N–H and O–H groups in total. The minimum atomic E-state index is -0.297. The fourth-order valence-corrected chi connectivity index (χ4v) is 1.42. The van der Waals surface area contributed by atoms with Crippen molar-refractivity contribution in [2.45, 2.75) is 20.3 Å². The summed E-state index contributed by atoms with van der Waals surface area (Å²) in [4.78, 5) is 11.8. The van der Waals surface area contributed by atoms with Gasteiger partial charge in [-0.2, -0.15) is 0 Å². The van der Waals surface area contributed by atoms with Gasteiger partial charge in [0.25, 0.3) is 0 Å². The zero-order chi connectivity index (χ0) is 12.7. The van der Waals surface area contributed by atoms with Crippen molar-refractivity contribution in [3.8, 4) is 11.5 Å². The Bertz CT molecular complexity index is 385. The number of rotatable bonds is 6. The SMILES string of the molecule is C=CC(CC)C(=O)Oc1ccccc1OCC. The average Bonchev–Trinajstić information content (AvgIpc) is 2.33. The first-order valence-electron chi connectivity index (χ1n) is 5.79. The topological polar surface area (TPSA) is 35.5 Å². The molecular formula is C14H18O3. The highest BCUT2D eigenvalue weighted by Crippen LogP contribution is 2.27. The molecule has 3 nitrogen and oxygen atoms in total. The lowest BCUT2D eigenvalue weighted by molar-refractivity contribution is -0.137. The molecule has 0 amide bonds. The van der Waals surface area contributed by atoms with Gasteiger partial charge < -0.3 is 9.47 Å². The average molecular weight is 234 g/mol. The van der Waals surface area contributed by atoms with Crippen LogP contribution in [0.25, 0.3) is 0 Å². The molecule has 92 valence electrons. The van der Waals surface area contributed by atoms with Crippen LogP contribution in [0.15, 0.2) is 36.9 Å². The normalized spacial score (nSPS) is 11.6. The molecule has 0 spiro atoms. The van der Waals surface area contributed by atoms with Crippen molar-refractivity contribution in [3.63, 3.8) is 0 Å². The molecule has 1 aromatic rings. The van der Waals surface area contributed by atoms with Crippen LogP contribution in [0.4, 0.5) is 0 Å². The van der Waals surface area contributed by atoms with E-state index in [0.29, 0.717) is 24.5 Å². The zero-order valence-corrected chi connectivity index (χ0v) is 10.3. The summed E-state index contributed by atoms with van der Waals surface area (Å²) < 4.78 is 10.7. The Morgan fingerprint density at radius 2 is 2.00 bits per heavy atom. The number of hydrogen-bond donors (Lipinski definition) is 0. The second kappa shape index (κ2) is 6.74. The van der Waals surface area contributed by atoms with Crippen LogP contribution in [0.1, 0.15) is 20.3 Å². The third kappa shape index (κ3) is 3.63. The molecule has 1 aromatic carbocycles. The number of carbonyl (C=O) groups is 1. The quantitative estimate of drug-likeness (QED) is 0.431. The van der Waals surface area contributed by atoms with Crippen molar-refractivity contribution < 1.29 is 14.3 Å².